The molecule has 0 saturated carbocycles. The average Bonchev–Trinajstić information content (AvgIpc) is 3.08. The number of amides is 1. The Morgan fingerprint density at radius 3 is 2.48 bits per heavy atom. The molecule has 0 unspecified atom stereocenters. The van der Waals surface area contributed by atoms with Crippen LogP contribution in [0, 0.1) is 6.92 Å². The zero-order chi connectivity index (χ0) is 22.8. The highest BCUT2D eigenvalue weighted by Gasteiger charge is 2.24. The van der Waals surface area contributed by atoms with Crippen molar-refractivity contribution in [1.29, 1.82) is 0 Å². The maximum atomic E-state index is 13.1. The Labute approximate surface area is 191 Å². The molecule has 0 atom stereocenters. The summed E-state index contributed by atoms with van der Waals surface area (Å²) in [6.45, 7) is 8.39. The Balaban J connectivity index is 2.03. The fraction of sp³-hybridized carbons (Fsp3) is 0.318. The Morgan fingerprint density at radius 2 is 1.87 bits per heavy atom. The monoisotopic (exact) mass is 480 g/mol. The summed E-state index contributed by atoms with van der Waals surface area (Å²) in [5, 5.41) is 4.04. The van der Waals surface area contributed by atoms with Gasteiger partial charge in [0.2, 0.25) is 10.0 Å². The molecule has 1 aromatic heterocycles. The number of sulfonamides is 1. The van der Waals surface area contributed by atoms with Crippen molar-refractivity contribution in [2.24, 2.45) is 0 Å². The second-order valence-electron chi connectivity index (χ2n) is 6.83. The van der Waals surface area contributed by atoms with E-state index in [1.54, 1.807) is 19.9 Å². The number of rotatable bonds is 8. The van der Waals surface area contributed by atoms with Crippen LogP contribution in [0.3, 0.4) is 0 Å². The van der Waals surface area contributed by atoms with Crippen molar-refractivity contribution in [2.75, 3.05) is 25.0 Å². The van der Waals surface area contributed by atoms with E-state index >= 15 is 0 Å². The predicted octanol–water partition coefficient (Wildman–Crippen LogP) is 5.54. The van der Waals surface area contributed by atoms with E-state index in [4.69, 9.17) is 16.3 Å². The molecular weight excluding hydrogens is 456 g/mol. The SMILES string of the molecule is CCOc1ccc(S(=O)(=O)N(CC)CC)cc1NC(=O)c1sc2cccc(C)c2c1Cl. The molecule has 0 aliphatic heterocycles. The number of hydrogen-bond donors (Lipinski definition) is 1. The highest BCUT2D eigenvalue weighted by atomic mass is 35.5. The minimum Gasteiger partial charge on any atom is -0.492 e. The molecule has 166 valence electrons. The van der Waals surface area contributed by atoms with Crippen LogP contribution in [-0.4, -0.2) is 38.3 Å². The van der Waals surface area contributed by atoms with Crippen LogP contribution in [-0.2, 0) is 10.0 Å². The number of carbonyl (C=O) groups excluding carboxylic acids is 1. The number of benzene rings is 2. The molecule has 1 heterocycles. The molecule has 3 rings (SSSR count). The zero-order valence-electron chi connectivity index (χ0n) is 17.9. The van der Waals surface area contributed by atoms with Gasteiger partial charge in [-0.25, -0.2) is 8.42 Å². The summed E-state index contributed by atoms with van der Waals surface area (Å²) in [7, 11) is -3.69. The first-order chi connectivity index (χ1) is 14.7. The second kappa shape index (κ2) is 9.56. The van der Waals surface area contributed by atoms with Gasteiger partial charge in [0.1, 0.15) is 10.6 Å². The highest BCUT2D eigenvalue weighted by molar-refractivity contribution is 7.89. The van der Waals surface area contributed by atoms with Crippen molar-refractivity contribution in [3.05, 3.63) is 51.9 Å². The Bertz CT molecular complexity index is 1220. The van der Waals surface area contributed by atoms with E-state index in [2.05, 4.69) is 5.32 Å². The first-order valence-corrected chi connectivity index (χ1v) is 12.6. The lowest BCUT2D eigenvalue weighted by Crippen LogP contribution is -2.30. The maximum absolute atomic E-state index is 13.1. The van der Waals surface area contributed by atoms with Crippen LogP contribution in [0.2, 0.25) is 5.02 Å². The van der Waals surface area contributed by atoms with Gasteiger partial charge in [-0.2, -0.15) is 4.31 Å². The number of nitrogens with zero attached hydrogens (tertiary/aromatic N) is 1. The van der Waals surface area contributed by atoms with Crippen molar-refractivity contribution in [1.82, 2.24) is 4.31 Å². The lowest BCUT2D eigenvalue weighted by molar-refractivity contribution is 0.103. The Hall–Kier alpha value is -2.13. The number of nitrogens with one attached hydrogen (secondary N) is 1. The van der Waals surface area contributed by atoms with Crippen LogP contribution >= 0.6 is 22.9 Å². The van der Waals surface area contributed by atoms with Crippen molar-refractivity contribution in [2.45, 2.75) is 32.6 Å². The Morgan fingerprint density at radius 1 is 1.16 bits per heavy atom. The summed E-state index contributed by atoms with van der Waals surface area (Å²) in [6.07, 6.45) is 0. The van der Waals surface area contributed by atoms with Crippen molar-refractivity contribution < 1.29 is 17.9 Å². The minimum atomic E-state index is -3.69. The molecule has 0 saturated heterocycles. The summed E-state index contributed by atoms with van der Waals surface area (Å²) in [4.78, 5) is 13.5. The summed E-state index contributed by atoms with van der Waals surface area (Å²) in [5.74, 6) is -0.0216. The third-order valence-electron chi connectivity index (χ3n) is 4.91. The summed E-state index contributed by atoms with van der Waals surface area (Å²) in [6, 6.07) is 10.3. The second-order valence-corrected chi connectivity index (χ2v) is 10.2. The van der Waals surface area contributed by atoms with E-state index in [0.29, 0.717) is 35.3 Å². The van der Waals surface area contributed by atoms with Crippen LogP contribution in [0.15, 0.2) is 41.3 Å². The van der Waals surface area contributed by atoms with E-state index in [-0.39, 0.29) is 10.6 Å². The van der Waals surface area contributed by atoms with Crippen LogP contribution in [0.1, 0.15) is 36.0 Å². The van der Waals surface area contributed by atoms with Gasteiger partial charge >= 0.3 is 0 Å². The fourth-order valence-electron chi connectivity index (χ4n) is 3.36. The first-order valence-electron chi connectivity index (χ1n) is 10.0. The molecule has 1 amide bonds. The standard InChI is InChI=1S/C22H25ClN2O4S2/c1-5-25(6-2)31(27,28)15-11-12-17(29-7-3)16(13-15)24-22(26)21-20(23)19-14(4)9-8-10-18(19)30-21/h8-13H,5-7H2,1-4H3,(H,24,26). The van der Waals surface area contributed by atoms with Gasteiger partial charge < -0.3 is 10.1 Å². The topological polar surface area (TPSA) is 75.7 Å². The molecule has 0 fully saturated rings. The van der Waals surface area contributed by atoms with Crippen molar-refractivity contribution in [3.63, 3.8) is 0 Å². The van der Waals surface area contributed by atoms with Crippen LogP contribution in [0.25, 0.3) is 10.1 Å². The van der Waals surface area contributed by atoms with E-state index in [1.165, 1.54) is 27.8 Å². The minimum absolute atomic E-state index is 0.0910. The zero-order valence-corrected chi connectivity index (χ0v) is 20.2. The van der Waals surface area contributed by atoms with Crippen molar-refractivity contribution in [3.8, 4) is 5.75 Å². The smallest absolute Gasteiger partial charge is 0.267 e. The van der Waals surface area contributed by atoms with E-state index in [9.17, 15) is 13.2 Å². The van der Waals surface area contributed by atoms with Gasteiger partial charge in [-0.1, -0.05) is 37.6 Å². The number of anilines is 1. The summed E-state index contributed by atoms with van der Waals surface area (Å²) in [5.41, 5.74) is 1.27. The van der Waals surface area contributed by atoms with E-state index in [1.807, 2.05) is 32.0 Å². The molecule has 6 nitrogen and oxygen atoms in total. The summed E-state index contributed by atoms with van der Waals surface area (Å²) >= 11 is 7.82. The number of hydrogen-bond acceptors (Lipinski definition) is 5. The predicted molar refractivity (Wildman–Crippen MR) is 127 cm³/mol. The molecule has 0 spiro atoms. The van der Waals surface area contributed by atoms with Crippen LogP contribution < -0.4 is 10.1 Å². The number of thiophene rings is 1. The van der Waals surface area contributed by atoms with Gasteiger partial charge in [-0.15, -0.1) is 11.3 Å². The molecule has 3 aromatic rings. The lowest BCUT2D eigenvalue weighted by atomic mass is 10.1. The number of halogens is 1. The molecule has 2 aromatic carbocycles. The Kier molecular flexibility index (Phi) is 7.26. The molecule has 9 heteroatoms. The number of fused-ring (bicyclic) bond motifs is 1. The fourth-order valence-corrected chi connectivity index (χ4v) is 6.42. The molecule has 31 heavy (non-hydrogen) atoms. The van der Waals surface area contributed by atoms with Gasteiger partial charge in [0.25, 0.3) is 5.91 Å². The highest BCUT2D eigenvalue weighted by Crippen LogP contribution is 2.38. The third-order valence-corrected chi connectivity index (χ3v) is 8.60. The van der Waals surface area contributed by atoms with Gasteiger partial charge in [0, 0.05) is 23.2 Å². The van der Waals surface area contributed by atoms with Crippen LogP contribution in [0.4, 0.5) is 5.69 Å². The molecular formula is C22H25ClN2O4S2. The molecule has 0 radical (unpaired) electrons. The van der Waals surface area contributed by atoms with Gasteiger partial charge in [0.05, 0.1) is 22.2 Å². The average molecular weight is 481 g/mol. The van der Waals surface area contributed by atoms with Gasteiger partial charge in [-0.05, 0) is 43.7 Å². The quantitative estimate of drug-likeness (QED) is 0.459. The van der Waals surface area contributed by atoms with Gasteiger partial charge in [0.15, 0.2) is 0 Å². The largest absolute Gasteiger partial charge is 0.492 e. The summed E-state index contributed by atoms with van der Waals surface area (Å²) < 4.78 is 33.8. The van der Waals surface area contributed by atoms with E-state index < -0.39 is 15.9 Å². The van der Waals surface area contributed by atoms with E-state index in [0.717, 1.165) is 15.6 Å². The number of ether oxygens (including phenoxy) is 1. The van der Waals surface area contributed by atoms with Crippen molar-refractivity contribution >= 4 is 54.6 Å². The third kappa shape index (κ3) is 4.57. The first kappa shape index (κ1) is 23.5. The lowest BCUT2D eigenvalue weighted by Gasteiger charge is -2.20. The molecule has 0 aliphatic carbocycles. The maximum Gasteiger partial charge on any atom is 0.267 e. The molecule has 0 bridgehead atoms. The molecule has 0 aliphatic rings. The number of carbonyl (C=O) groups is 1. The molecule has 1 N–H and O–H groups in total. The van der Waals surface area contributed by atoms with Crippen LogP contribution in [0.5, 0.6) is 5.75 Å². The van der Waals surface area contributed by atoms with Gasteiger partial charge in [-0.3, -0.25) is 4.79 Å². The normalized spacial score (nSPS) is 11.8. The number of aryl methyl sites for hydroxylation is 1.